The summed E-state index contributed by atoms with van der Waals surface area (Å²) in [5.74, 6) is -19.6. The van der Waals surface area contributed by atoms with Crippen molar-refractivity contribution in [1.29, 1.82) is 0 Å². The molecule has 1 N–H and O–H groups in total. The number of carboxylic acid groups (broad SMARTS) is 1. The number of carbonyl (C=O) groups excluding carboxylic acids is 2. The van der Waals surface area contributed by atoms with E-state index in [4.69, 9.17) is 5.11 Å². The van der Waals surface area contributed by atoms with Gasteiger partial charge in [0.2, 0.25) is 5.91 Å². The van der Waals surface area contributed by atoms with E-state index in [0.29, 0.717) is 19.1 Å². The Morgan fingerprint density at radius 2 is 1.45 bits per heavy atom. The lowest BCUT2D eigenvalue weighted by Gasteiger charge is -2.27. The molecule has 0 saturated heterocycles. The molecule has 0 atom stereocenters. The molecule has 0 radical (unpaired) electrons. The minimum Gasteiger partial charge on any atom is -0.477 e. The quantitative estimate of drug-likeness (QED) is 0.860. The van der Waals surface area contributed by atoms with Gasteiger partial charge in [0.05, 0.1) is 5.69 Å². The maximum atomic E-state index is 13.5. The molecule has 0 fully saturated rings. The molecule has 2 amide bonds. The third-order valence-corrected chi connectivity index (χ3v) is 2.53. The number of amides is 2. The van der Waals surface area contributed by atoms with Gasteiger partial charge in [0, 0.05) is 6.92 Å². The molecular weight excluding hydrogens is 317 g/mol. The van der Waals surface area contributed by atoms with Crippen LogP contribution < -0.4 is 4.90 Å². The zero-order chi connectivity index (χ0) is 17.3. The Morgan fingerprint density at radius 1 is 1.00 bits per heavy atom. The molecular formula is C12H8F5NO4. The monoisotopic (exact) mass is 325 g/mol. The number of rotatable bonds is 4. The van der Waals surface area contributed by atoms with E-state index in [1.165, 1.54) is 0 Å². The van der Waals surface area contributed by atoms with Crippen molar-refractivity contribution in [2.24, 2.45) is 0 Å². The maximum Gasteiger partial charge on any atom is 0.413 e. The molecule has 0 aliphatic heterocycles. The summed E-state index contributed by atoms with van der Waals surface area (Å²) in [6.45, 7) is 0.621. The summed E-state index contributed by atoms with van der Waals surface area (Å²) < 4.78 is 65.7. The molecule has 0 saturated carbocycles. The second-order valence-electron chi connectivity index (χ2n) is 4.09. The predicted molar refractivity (Wildman–Crippen MR) is 62.1 cm³/mol. The first-order valence-electron chi connectivity index (χ1n) is 5.52. The number of imide groups is 1. The molecule has 5 nitrogen and oxygen atoms in total. The Labute approximate surface area is 119 Å². The lowest BCUT2D eigenvalue weighted by atomic mass is 10.1. The van der Waals surface area contributed by atoms with Crippen LogP contribution in [0.2, 0.25) is 0 Å². The van der Waals surface area contributed by atoms with Crippen LogP contribution in [-0.4, -0.2) is 34.7 Å². The number of hydrogen-bond acceptors (Lipinski definition) is 3. The molecule has 0 heterocycles. The van der Waals surface area contributed by atoms with Crippen molar-refractivity contribution in [3.63, 3.8) is 0 Å². The van der Waals surface area contributed by atoms with E-state index in [1.807, 2.05) is 0 Å². The lowest BCUT2D eigenvalue weighted by molar-refractivity contribution is -0.220. The first-order chi connectivity index (χ1) is 9.92. The number of alkyl halides is 4. The SMILES string of the molecule is CC(=O)N(C(=O)C(F)(F)C(F)(F)C(=O)O)c1ccc(F)cc1. The van der Waals surface area contributed by atoms with Crippen LogP contribution in [0, 0.1) is 5.82 Å². The molecule has 0 bridgehead atoms. The Balaban J connectivity index is 3.33. The van der Waals surface area contributed by atoms with Crippen LogP contribution in [0.15, 0.2) is 24.3 Å². The molecule has 0 aliphatic rings. The van der Waals surface area contributed by atoms with Gasteiger partial charge in [0.1, 0.15) is 5.82 Å². The highest BCUT2D eigenvalue weighted by Gasteiger charge is 2.69. The zero-order valence-corrected chi connectivity index (χ0v) is 10.8. The molecule has 22 heavy (non-hydrogen) atoms. The van der Waals surface area contributed by atoms with Gasteiger partial charge in [0.25, 0.3) is 0 Å². The van der Waals surface area contributed by atoms with E-state index in [0.717, 1.165) is 12.1 Å². The Hall–Kier alpha value is -2.52. The minimum absolute atomic E-state index is 0.351. The van der Waals surface area contributed by atoms with Crippen LogP contribution in [0.5, 0.6) is 0 Å². The lowest BCUT2D eigenvalue weighted by Crippen LogP contribution is -2.58. The van der Waals surface area contributed by atoms with E-state index in [2.05, 4.69) is 0 Å². The summed E-state index contributed by atoms with van der Waals surface area (Å²) in [4.78, 5) is 32.7. The Morgan fingerprint density at radius 3 is 1.82 bits per heavy atom. The second kappa shape index (κ2) is 5.70. The molecule has 0 aliphatic carbocycles. The molecule has 0 spiro atoms. The van der Waals surface area contributed by atoms with Gasteiger partial charge in [-0.15, -0.1) is 0 Å². The number of aliphatic carboxylic acids is 1. The fourth-order valence-corrected chi connectivity index (χ4v) is 1.44. The highest BCUT2D eigenvalue weighted by atomic mass is 19.3. The third kappa shape index (κ3) is 2.90. The summed E-state index contributed by atoms with van der Waals surface area (Å²) in [5, 5.41) is 8.12. The molecule has 1 aromatic rings. The maximum absolute atomic E-state index is 13.5. The minimum atomic E-state index is -5.72. The number of carbonyl (C=O) groups is 3. The average molecular weight is 325 g/mol. The van der Waals surface area contributed by atoms with Crippen molar-refractivity contribution in [3.8, 4) is 0 Å². The van der Waals surface area contributed by atoms with Crippen molar-refractivity contribution < 1.29 is 41.4 Å². The molecule has 1 aromatic carbocycles. The van der Waals surface area contributed by atoms with Crippen LogP contribution in [0.3, 0.4) is 0 Å². The van der Waals surface area contributed by atoms with E-state index in [9.17, 15) is 36.3 Å². The van der Waals surface area contributed by atoms with E-state index in [-0.39, 0.29) is 4.90 Å². The van der Waals surface area contributed by atoms with Crippen molar-refractivity contribution in [2.75, 3.05) is 4.90 Å². The first-order valence-corrected chi connectivity index (χ1v) is 5.52. The van der Waals surface area contributed by atoms with Crippen LogP contribution in [-0.2, 0) is 14.4 Å². The van der Waals surface area contributed by atoms with E-state index < -0.39 is 41.1 Å². The smallest absolute Gasteiger partial charge is 0.413 e. The molecule has 1 rings (SSSR count). The summed E-state index contributed by atoms with van der Waals surface area (Å²) in [6.07, 6.45) is 0. The van der Waals surface area contributed by atoms with Crippen LogP contribution in [0.4, 0.5) is 27.6 Å². The highest BCUT2D eigenvalue weighted by molar-refractivity contribution is 6.17. The molecule has 0 unspecified atom stereocenters. The highest BCUT2D eigenvalue weighted by Crippen LogP contribution is 2.37. The molecule has 120 valence electrons. The van der Waals surface area contributed by atoms with Crippen LogP contribution in [0.1, 0.15) is 6.92 Å². The van der Waals surface area contributed by atoms with Crippen molar-refractivity contribution >= 4 is 23.5 Å². The van der Waals surface area contributed by atoms with Gasteiger partial charge in [-0.2, -0.15) is 17.6 Å². The van der Waals surface area contributed by atoms with Gasteiger partial charge in [-0.05, 0) is 24.3 Å². The van der Waals surface area contributed by atoms with Crippen molar-refractivity contribution in [2.45, 2.75) is 18.8 Å². The fourth-order valence-electron chi connectivity index (χ4n) is 1.44. The Bertz CT molecular complexity index is 614. The van der Waals surface area contributed by atoms with Gasteiger partial charge in [0.15, 0.2) is 0 Å². The predicted octanol–water partition coefficient (Wildman–Crippen LogP) is 2.06. The largest absolute Gasteiger partial charge is 0.477 e. The second-order valence-corrected chi connectivity index (χ2v) is 4.09. The molecule has 10 heteroatoms. The summed E-state index contributed by atoms with van der Waals surface area (Å²) in [5.41, 5.74) is -0.611. The van der Waals surface area contributed by atoms with Crippen molar-refractivity contribution in [3.05, 3.63) is 30.1 Å². The third-order valence-electron chi connectivity index (χ3n) is 2.53. The van der Waals surface area contributed by atoms with Gasteiger partial charge in [-0.1, -0.05) is 0 Å². The topological polar surface area (TPSA) is 74.7 Å². The average Bonchev–Trinajstić information content (AvgIpc) is 2.40. The Kier molecular flexibility index (Phi) is 4.54. The number of benzene rings is 1. The standard InChI is InChI=1S/C12H8F5NO4/c1-6(19)18(8-4-2-7(13)3-5-8)9(20)11(14,15)12(16,17)10(21)22/h2-5H,1H3,(H,21,22). The summed E-state index contributed by atoms with van der Waals surface area (Å²) in [6, 6.07) is 2.85. The van der Waals surface area contributed by atoms with E-state index >= 15 is 0 Å². The van der Waals surface area contributed by atoms with Crippen LogP contribution in [0.25, 0.3) is 0 Å². The van der Waals surface area contributed by atoms with E-state index in [1.54, 1.807) is 0 Å². The first kappa shape index (κ1) is 17.5. The zero-order valence-electron chi connectivity index (χ0n) is 10.8. The molecule has 0 aromatic heterocycles. The summed E-state index contributed by atoms with van der Waals surface area (Å²) in [7, 11) is 0. The van der Waals surface area contributed by atoms with Crippen molar-refractivity contribution in [1.82, 2.24) is 0 Å². The van der Waals surface area contributed by atoms with Gasteiger partial charge in [-0.3, -0.25) is 9.59 Å². The number of anilines is 1. The van der Waals surface area contributed by atoms with Gasteiger partial charge < -0.3 is 5.11 Å². The van der Waals surface area contributed by atoms with Gasteiger partial charge in [-0.25, -0.2) is 14.1 Å². The number of halogens is 5. The number of nitrogens with zero attached hydrogens (tertiary/aromatic N) is 1. The van der Waals surface area contributed by atoms with Gasteiger partial charge >= 0.3 is 23.7 Å². The number of hydrogen-bond donors (Lipinski definition) is 1. The number of carboxylic acids is 1. The fraction of sp³-hybridized carbons (Fsp3) is 0.250. The summed E-state index contributed by atoms with van der Waals surface area (Å²) >= 11 is 0. The van der Waals surface area contributed by atoms with Crippen LogP contribution >= 0.6 is 0 Å². The normalized spacial score (nSPS) is 11.9.